The standard InChI is InChI=1S/C12H15ClFNO3S/c13-10-7-9(3-4-11(10)14)19(17,18)15-6-5-12(16)8-1-2-8/h3-4,7-8,12,15-16H,1-2,5-6H2. The Morgan fingerprint density at radius 1 is 1.47 bits per heavy atom. The normalized spacial score (nSPS) is 17.4. The van der Waals surface area contributed by atoms with Gasteiger partial charge < -0.3 is 5.11 Å². The number of nitrogens with one attached hydrogen (secondary N) is 1. The maximum atomic E-state index is 13.0. The van der Waals surface area contributed by atoms with Crippen molar-refractivity contribution in [2.75, 3.05) is 6.54 Å². The molecule has 0 amide bonds. The molecule has 2 N–H and O–H groups in total. The summed E-state index contributed by atoms with van der Waals surface area (Å²) in [7, 11) is -3.71. The van der Waals surface area contributed by atoms with E-state index in [0.29, 0.717) is 12.3 Å². The van der Waals surface area contributed by atoms with Gasteiger partial charge in [0, 0.05) is 6.54 Å². The largest absolute Gasteiger partial charge is 0.393 e. The molecular weight excluding hydrogens is 293 g/mol. The van der Waals surface area contributed by atoms with Crippen LogP contribution in [-0.2, 0) is 10.0 Å². The van der Waals surface area contributed by atoms with Crippen molar-refractivity contribution < 1.29 is 17.9 Å². The highest BCUT2D eigenvalue weighted by Crippen LogP contribution is 2.33. The van der Waals surface area contributed by atoms with Crippen molar-refractivity contribution >= 4 is 21.6 Å². The van der Waals surface area contributed by atoms with E-state index >= 15 is 0 Å². The molecule has 0 aromatic heterocycles. The molecule has 7 heteroatoms. The van der Waals surface area contributed by atoms with Gasteiger partial charge in [0.05, 0.1) is 16.0 Å². The monoisotopic (exact) mass is 307 g/mol. The first-order chi connectivity index (χ1) is 8.90. The molecule has 1 fully saturated rings. The summed E-state index contributed by atoms with van der Waals surface area (Å²) in [6, 6.07) is 3.23. The lowest BCUT2D eigenvalue weighted by molar-refractivity contribution is 0.143. The van der Waals surface area contributed by atoms with Crippen LogP contribution in [0.2, 0.25) is 5.02 Å². The Hall–Kier alpha value is -0.690. The Kier molecular flexibility index (Phi) is 4.45. The van der Waals surface area contributed by atoms with E-state index in [2.05, 4.69) is 4.72 Å². The van der Waals surface area contributed by atoms with Gasteiger partial charge in [0.2, 0.25) is 10.0 Å². The average Bonchev–Trinajstić information content (AvgIpc) is 3.16. The third-order valence-corrected chi connectivity index (χ3v) is 4.85. The maximum Gasteiger partial charge on any atom is 0.240 e. The third kappa shape index (κ3) is 3.89. The molecule has 19 heavy (non-hydrogen) atoms. The fourth-order valence-electron chi connectivity index (χ4n) is 1.79. The molecule has 0 saturated heterocycles. The van der Waals surface area contributed by atoms with Crippen LogP contribution in [0.4, 0.5) is 4.39 Å². The average molecular weight is 308 g/mol. The van der Waals surface area contributed by atoms with E-state index in [9.17, 15) is 17.9 Å². The number of sulfonamides is 1. The summed E-state index contributed by atoms with van der Waals surface area (Å²) < 4.78 is 39.1. The predicted octanol–water partition coefficient (Wildman–Crippen LogP) is 1.92. The SMILES string of the molecule is O=S(=O)(NCCC(O)C1CC1)c1ccc(F)c(Cl)c1. The Labute approximate surface area is 116 Å². The minimum atomic E-state index is -3.71. The molecule has 1 aliphatic rings. The van der Waals surface area contributed by atoms with Gasteiger partial charge in [-0.25, -0.2) is 17.5 Å². The van der Waals surface area contributed by atoms with Crippen molar-refractivity contribution in [1.29, 1.82) is 0 Å². The Balaban J connectivity index is 1.95. The van der Waals surface area contributed by atoms with Crippen molar-refractivity contribution in [1.82, 2.24) is 4.72 Å². The van der Waals surface area contributed by atoms with Gasteiger partial charge in [-0.1, -0.05) is 11.6 Å². The molecule has 0 heterocycles. The first kappa shape index (κ1) is 14.7. The Morgan fingerprint density at radius 2 is 2.16 bits per heavy atom. The fraction of sp³-hybridized carbons (Fsp3) is 0.500. The van der Waals surface area contributed by atoms with Gasteiger partial charge >= 0.3 is 0 Å². The topological polar surface area (TPSA) is 66.4 Å². The summed E-state index contributed by atoms with van der Waals surface area (Å²) in [5.74, 6) is -0.352. The first-order valence-corrected chi connectivity index (χ1v) is 7.89. The smallest absolute Gasteiger partial charge is 0.240 e. The van der Waals surface area contributed by atoms with E-state index in [-0.39, 0.29) is 16.5 Å². The van der Waals surface area contributed by atoms with Crippen LogP contribution in [0.1, 0.15) is 19.3 Å². The maximum absolute atomic E-state index is 13.0. The van der Waals surface area contributed by atoms with Gasteiger partial charge in [0.1, 0.15) is 5.82 Å². The van der Waals surface area contributed by atoms with Gasteiger partial charge in [0.15, 0.2) is 0 Å². The van der Waals surface area contributed by atoms with Crippen LogP contribution in [0, 0.1) is 11.7 Å². The van der Waals surface area contributed by atoms with E-state index in [1.54, 1.807) is 0 Å². The summed E-state index contributed by atoms with van der Waals surface area (Å²) in [4.78, 5) is -0.0835. The molecule has 0 bridgehead atoms. The molecule has 106 valence electrons. The highest BCUT2D eigenvalue weighted by molar-refractivity contribution is 7.89. The number of hydrogen-bond donors (Lipinski definition) is 2. The van der Waals surface area contributed by atoms with Crippen LogP contribution in [0.15, 0.2) is 23.1 Å². The highest BCUT2D eigenvalue weighted by Gasteiger charge is 2.29. The van der Waals surface area contributed by atoms with E-state index in [4.69, 9.17) is 11.6 Å². The molecule has 1 saturated carbocycles. The number of benzene rings is 1. The quantitative estimate of drug-likeness (QED) is 0.844. The van der Waals surface area contributed by atoms with Crippen LogP contribution in [0.3, 0.4) is 0 Å². The van der Waals surface area contributed by atoms with Gasteiger partial charge in [0.25, 0.3) is 0 Å². The van der Waals surface area contributed by atoms with Crippen molar-refractivity contribution in [3.05, 3.63) is 29.0 Å². The van der Waals surface area contributed by atoms with Crippen molar-refractivity contribution in [2.45, 2.75) is 30.3 Å². The van der Waals surface area contributed by atoms with E-state index in [0.717, 1.165) is 31.0 Å². The van der Waals surface area contributed by atoms with E-state index in [1.807, 2.05) is 0 Å². The lowest BCUT2D eigenvalue weighted by atomic mass is 10.2. The molecule has 1 atom stereocenters. The Bertz CT molecular complexity index is 560. The van der Waals surface area contributed by atoms with Crippen LogP contribution in [0.5, 0.6) is 0 Å². The molecule has 1 unspecified atom stereocenters. The zero-order valence-electron chi connectivity index (χ0n) is 10.1. The molecule has 1 aliphatic carbocycles. The van der Waals surface area contributed by atoms with Gasteiger partial charge in [-0.2, -0.15) is 0 Å². The van der Waals surface area contributed by atoms with Crippen molar-refractivity contribution in [3.8, 4) is 0 Å². The summed E-state index contributed by atoms with van der Waals surface area (Å²) in [6.07, 6.45) is 1.92. The fourth-order valence-corrected chi connectivity index (χ4v) is 3.10. The summed E-state index contributed by atoms with van der Waals surface area (Å²) in [6.45, 7) is 0.148. The molecule has 0 aliphatic heterocycles. The Morgan fingerprint density at radius 3 is 2.74 bits per heavy atom. The first-order valence-electron chi connectivity index (χ1n) is 6.03. The van der Waals surface area contributed by atoms with Gasteiger partial charge in [-0.3, -0.25) is 0 Å². The van der Waals surface area contributed by atoms with Crippen molar-refractivity contribution in [2.24, 2.45) is 5.92 Å². The lowest BCUT2D eigenvalue weighted by Crippen LogP contribution is -2.28. The van der Waals surface area contributed by atoms with Crippen LogP contribution in [0.25, 0.3) is 0 Å². The zero-order valence-corrected chi connectivity index (χ0v) is 11.7. The lowest BCUT2D eigenvalue weighted by Gasteiger charge is -2.10. The minimum Gasteiger partial charge on any atom is -0.393 e. The second kappa shape index (κ2) is 5.75. The number of hydrogen-bond acceptors (Lipinski definition) is 3. The van der Waals surface area contributed by atoms with Gasteiger partial charge in [-0.15, -0.1) is 0 Å². The summed E-state index contributed by atoms with van der Waals surface area (Å²) in [5, 5.41) is 9.40. The summed E-state index contributed by atoms with van der Waals surface area (Å²) in [5.41, 5.74) is 0. The molecule has 0 spiro atoms. The minimum absolute atomic E-state index is 0.0835. The molecule has 4 nitrogen and oxygen atoms in total. The molecule has 1 aromatic carbocycles. The number of rotatable bonds is 6. The predicted molar refractivity (Wildman–Crippen MR) is 69.9 cm³/mol. The molecular formula is C12H15ClFNO3S. The van der Waals surface area contributed by atoms with E-state index < -0.39 is 21.9 Å². The molecule has 2 rings (SSSR count). The van der Waals surface area contributed by atoms with Crippen LogP contribution < -0.4 is 4.72 Å². The molecule has 1 aromatic rings. The number of aliphatic hydroxyl groups is 1. The second-order valence-electron chi connectivity index (χ2n) is 4.67. The zero-order chi connectivity index (χ0) is 14.0. The molecule has 0 radical (unpaired) electrons. The summed E-state index contributed by atoms with van der Waals surface area (Å²) >= 11 is 5.55. The van der Waals surface area contributed by atoms with Crippen LogP contribution >= 0.6 is 11.6 Å². The van der Waals surface area contributed by atoms with Crippen molar-refractivity contribution in [3.63, 3.8) is 0 Å². The number of halogens is 2. The third-order valence-electron chi connectivity index (χ3n) is 3.10. The van der Waals surface area contributed by atoms with E-state index in [1.165, 1.54) is 0 Å². The second-order valence-corrected chi connectivity index (χ2v) is 6.84. The number of aliphatic hydroxyl groups excluding tert-OH is 1. The van der Waals surface area contributed by atoms with Gasteiger partial charge in [-0.05, 0) is 43.4 Å². The van der Waals surface area contributed by atoms with Crippen LogP contribution in [-0.4, -0.2) is 26.2 Å². The highest BCUT2D eigenvalue weighted by atomic mass is 35.5.